The minimum Gasteiger partial charge on any atom is -0.457 e. The molecule has 6 aromatic rings. The Kier molecular flexibility index (Phi) is 15.5. The number of para-hydroxylation sites is 2. The van der Waals surface area contributed by atoms with E-state index in [0.717, 1.165) is 16.5 Å². The van der Waals surface area contributed by atoms with Gasteiger partial charge in [0, 0.05) is 99.9 Å². The molecule has 6 rings (SSSR count). The fourth-order valence-corrected chi connectivity index (χ4v) is 7.79. The number of nitrogens with zero attached hydrogens (tertiary/aromatic N) is 1. The number of phosphoric ester groups is 1. The number of nitrogens with one attached hydrogen (secondary N) is 2. The van der Waals surface area contributed by atoms with Crippen LogP contribution in [0.1, 0.15) is 78.5 Å². The summed E-state index contributed by atoms with van der Waals surface area (Å²) in [6, 6.07) is 29.0. The number of hydrogen-bond acceptors (Lipinski definition) is 7. The second kappa shape index (κ2) is 19.1. The Morgan fingerprint density at radius 2 is 1.55 bits per heavy atom. The number of ether oxygens (including phenoxy) is 1. The van der Waals surface area contributed by atoms with E-state index in [9.17, 15) is 28.7 Å². The van der Waals surface area contributed by atoms with Gasteiger partial charge in [-0.2, -0.15) is 0 Å². The van der Waals surface area contributed by atoms with E-state index in [1.165, 1.54) is 4.57 Å². The summed E-state index contributed by atoms with van der Waals surface area (Å²) >= 11 is 0. The summed E-state index contributed by atoms with van der Waals surface area (Å²) in [5.74, 6) is -0.319. The van der Waals surface area contributed by atoms with Gasteiger partial charge >= 0.3 is 13.9 Å². The Balaban J connectivity index is 0.00000372. The summed E-state index contributed by atoms with van der Waals surface area (Å²) in [7, 11) is -4.90. The van der Waals surface area contributed by atoms with Crippen LogP contribution in [0.2, 0.25) is 0 Å². The number of phosphoric acid groups is 1. The normalized spacial score (nSPS) is 13.1. The van der Waals surface area contributed by atoms with Crippen LogP contribution in [0.25, 0.3) is 21.9 Å². The van der Waals surface area contributed by atoms with E-state index in [1.54, 1.807) is 44.3 Å². The summed E-state index contributed by atoms with van der Waals surface area (Å²) in [6.07, 6.45) is 0.761. The van der Waals surface area contributed by atoms with Gasteiger partial charge in [0.2, 0.25) is 11.8 Å². The first-order valence-electron chi connectivity index (χ1n) is 18.2. The van der Waals surface area contributed by atoms with Crippen molar-refractivity contribution in [3.63, 3.8) is 0 Å². The number of carbonyl (C=O) groups is 3. The van der Waals surface area contributed by atoms with Gasteiger partial charge in [0.25, 0.3) is 0 Å². The van der Waals surface area contributed by atoms with Crippen molar-refractivity contribution in [1.82, 2.24) is 15.2 Å². The predicted octanol–water partition coefficient (Wildman–Crippen LogP) is 7.83. The molecule has 58 heavy (non-hydrogen) atoms. The number of rotatable bonds is 13. The first kappa shape index (κ1) is 47.0. The molecule has 2 atom stereocenters. The molecule has 0 saturated heterocycles. The quantitative estimate of drug-likeness (QED) is 0.0670. The third kappa shape index (κ3) is 11.1. The third-order valence-corrected chi connectivity index (χ3v) is 10.3. The van der Waals surface area contributed by atoms with E-state index in [2.05, 4.69) is 10.6 Å². The van der Waals surface area contributed by atoms with Crippen molar-refractivity contribution in [2.45, 2.75) is 78.0 Å². The van der Waals surface area contributed by atoms with Gasteiger partial charge in [-0.3, -0.25) is 23.9 Å². The zero-order valence-electron chi connectivity index (χ0n) is 34.2. The van der Waals surface area contributed by atoms with Gasteiger partial charge in [-0.1, -0.05) is 86.6 Å². The molecule has 0 fully saturated rings. The van der Waals surface area contributed by atoms with E-state index in [-0.39, 0.29) is 90.2 Å². The molecule has 2 amide bonds. The van der Waals surface area contributed by atoms with Crippen molar-refractivity contribution < 1.29 is 42.4 Å². The average Bonchev–Trinajstić information content (AvgIpc) is 3.71. The van der Waals surface area contributed by atoms with Gasteiger partial charge in [0.1, 0.15) is 22.6 Å². The maximum atomic E-state index is 14.3. The summed E-state index contributed by atoms with van der Waals surface area (Å²) < 4.78 is 29.9. The van der Waals surface area contributed by atoms with Gasteiger partial charge in [0.15, 0.2) is 6.61 Å². The molecule has 0 aliphatic carbocycles. The van der Waals surface area contributed by atoms with Crippen LogP contribution < -0.4 is 15.2 Å². The molecule has 0 aliphatic rings. The molecule has 2 heterocycles. The van der Waals surface area contributed by atoms with Crippen molar-refractivity contribution in [3.05, 3.63) is 137 Å². The Morgan fingerprint density at radius 3 is 2.24 bits per heavy atom. The van der Waals surface area contributed by atoms with Crippen LogP contribution in [0.4, 0.5) is 4.79 Å². The first-order valence-corrected chi connectivity index (χ1v) is 19.7. The Morgan fingerprint density at radius 1 is 0.897 bits per heavy atom. The molecule has 2 radical (unpaired) electrons. The molecule has 2 unspecified atom stereocenters. The standard InChI is InChI=1S/C43H46N3O9P.2Na/c1-27-20-28(2)39(37(21-27)55-56(50,51)52)42(4,5)24-38(47)46-25-32(34-17-11-12-18-35(34)46)23-43(6,40(48)44-29(3)30-14-8-7-9-15-30)45-41(49)53-26-33-22-31-16-10-13-19-36(31)54-33;;/h7-22,25,29H,23-24,26H2,1-6H3,(H,44,48)(H,45,49)(H2,50,51,52);;. The van der Waals surface area contributed by atoms with Crippen LogP contribution >= 0.6 is 7.82 Å². The van der Waals surface area contributed by atoms with E-state index >= 15 is 0 Å². The van der Waals surface area contributed by atoms with Gasteiger partial charge in [-0.15, -0.1) is 0 Å². The topological polar surface area (TPSA) is 169 Å². The van der Waals surface area contributed by atoms with Crippen LogP contribution in [0, 0.1) is 13.8 Å². The zero-order chi connectivity index (χ0) is 40.4. The number of amides is 2. The van der Waals surface area contributed by atoms with Crippen LogP contribution in [-0.4, -0.2) is 96.9 Å². The van der Waals surface area contributed by atoms with Gasteiger partial charge in [-0.05, 0) is 74.2 Å². The number of benzene rings is 4. The predicted molar refractivity (Wildman–Crippen MR) is 225 cm³/mol. The third-order valence-electron chi connectivity index (χ3n) is 9.89. The molecule has 0 spiro atoms. The van der Waals surface area contributed by atoms with Crippen LogP contribution in [0.5, 0.6) is 5.75 Å². The molecule has 0 bridgehead atoms. The maximum absolute atomic E-state index is 14.3. The minimum atomic E-state index is -4.90. The van der Waals surface area contributed by atoms with Crippen LogP contribution in [0.15, 0.2) is 108 Å². The Hall–Kier alpha value is -3.68. The molecule has 294 valence electrons. The molecule has 4 N–H and O–H groups in total. The number of furan rings is 1. The smallest absolute Gasteiger partial charge is 0.457 e. The SMILES string of the molecule is Cc1cc(C)c(C(C)(C)CC(=O)n2cc(CC(C)(NC(=O)OCc3cc4ccccc4o3)C(=O)NC(C)c3ccccc3)c3ccccc32)c(OP(=O)(O)O)c1.[Na].[Na]. The van der Waals surface area contributed by atoms with E-state index in [0.29, 0.717) is 38.9 Å². The summed E-state index contributed by atoms with van der Waals surface area (Å²) in [5.41, 5.74) is 2.21. The molecule has 0 saturated carbocycles. The number of alkyl carbamates (subject to hydrolysis) is 1. The number of aryl methyl sites for hydroxylation is 2. The Labute approximate surface area is 381 Å². The van der Waals surface area contributed by atoms with Gasteiger partial charge < -0.3 is 24.3 Å². The molecule has 0 aliphatic heterocycles. The largest absolute Gasteiger partial charge is 0.524 e. The second-order valence-electron chi connectivity index (χ2n) is 15.1. The molecule has 15 heteroatoms. The van der Waals surface area contributed by atoms with Crippen molar-refractivity contribution >= 4 is 107 Å². The van der Waals surface area contributed by atoms with Gasteiger partial charge in [0.05, 0.1) is 11.6 Å². The minimum absolute atomic E-state index is 0. The fourth-order valence-electron chi connectivity index (χ4n) is 7.39. The number of carbonyl (C=O) groups excluding carboxylic acids is 3. The van der Waals surface area contributed by atoms with Crippen molar-refractivity contribution in [2.75, 3.05) is 0 Å². The molecular formula is C43H46N3Na2O9P. The molecule has 2 aromatic heterocycles. The molecule has 12 nitrogen and oxygen atoms in total. The van der Waals surface area contributed by atoms with E-state index in [1.807, 2.05) is 100 Å². The van der Waals surface area contributed by atoms with Crippen LogP contribution in [-0.2, 0) is 32.5 Å². The summed E-state index contributed by atoms with van der Waals surface area (Å²) in [6.45, 7) is 10.5. The molecule has 4 aromatic carbocycles. The Bertz CT molecular complexity index is 2440. The zero-order valence-corrected chi connectivity index (χ0v) is 39.1. The van der Waals surface area contributed by atoms with Gasteiger partial charge in [-0.25, -0.2) is 9.36 Å². The molecular weight excluding hydrogens is 779 g/mol. The van der Waals surface area contributed by atoms with Crippen molar-refractivity contribution in [2.24, 2.45) is 0 Å². The number of aromatic nitrogens is 1. The number of fused-ring (bicyclic) bond motifs is 2. The van der Waals surface area contributed by atoms with Crippen molar-refractivity contribution in [3.8, 4) is 5.75 Å². The second-order valence-corrected chi connectivity index (χ2v) is 16.3. The summed E-state index contributed by atoms with van der Waals surface area (Å²) in [5, 5.41) is 7.42. The van der Waals surface area contributed by atoms with E-state index in [4.69, 9.17) is 13.7 Å². The number of hydrogen-bond donors (Lipinski definition) is 4. The maximum Gasteiger partial charge on any atom is 0.524 e. The monoisotopic (exact) mass is 825 g/mol. The van der Waals surface area contributed by atoms with E-state index < -0.39 is 36.8 Å². The van der Waals surface area contributed by atoms with Crippen LogP contribution in [0.3, 0.4) is 0 Å². The average molecular weight is 826 g/mol. The summed E-state index contributed by atoms with van der Waals surface area (Å²) in [4.78, 5) is 61.3. The first-order chi connectivity index (χ1) is 26.4. The fraction of sp³-hybridized carbons (Fsp3) is 0.279. The van der Waals surface area contributed by atoms with Crippen molar-refractivity contribution in [1.29, 1.82) is 0 Å².